The number of rotatable bonds is 3. The first-order valence-corrected chi connectivity index (χ1v) is 5.52. The third kappa shape index (κ3) is 3.83. The van der Waals surface area contributed by atoms with Crippen molar-refractivity contribution >= 4 is 0 Å². The summed E-state index contributed by atoms with van der Waals surface area (Å²) >= 11 is 0. The van der Waals surface area contributed by atoms with E-state index in [0.717, 1.165) is 12.5 Å². The van der Waals surface area contributed by atoms with Gasteiger partial charge in [0.15, 0.2) is 0 Å². The molecule has 1 atom stereocenters. The Labute approximate surface area is 82.5 Å². The second-order valence-electron chi connectivity index (χ2n) is 4.07. The van der Waals surface area contributed by atoms with Crippen LogP contribution < -0.4 is 0 Å². The highest BCUT2D eigenvalue weighted by Gasteiger charge is 2.15. The normalized spacial score (nSPS) is 25.1. The molecule has 1 rings (SSSR count). The molecule has 0 saturated carbocycles. The van der Waals surface area contributed by atoms with E-state index in [9.17, 15) is 0 Å². The average Bonchev–Trinajstić information content (AvgIpc) is 2.33. The molecule has 1 saturated heterocycles. The van der Waals surface area contributed by atoms with Crippen LogP contribution in [0.4, 0.5) is 0 Å². The summed E-state index contributed by atoms with van der Waals surface area (Å²) in [5.41, 5.74) is 0. The lowest BCUT2D eigenvalue weighted by atomic mass is 9.96. The largest absolute Gasteiger partial charge is 0.292 e. The quantitative estimate of drug-likeness (QED) is 0.602. The molecule has 1 fully saturated rings. The van der Waals surface area contributed by atoms with Gasteiger partial charge < -0.3 is 0 Å². The molecule has 0 aromatic rings. The van der Waals surface area contributed by atoms with E-state index >= 15 is 0 Å². The van der Waals surface area contributed by atoms with Crippen LogP contribution in [0.3, 0.4) is 0 Å². The third-order valence-corrected chi connectivity index (χ3v) is 2.95. The van der Waals surface area contributed by atoms with Crippen molar-refractivity contribution in [3.05, 3.63) is 0 Å². The number of likely N-dealkylation sites (tertiary alicyclic amines) is 1. The highest BCUT2D eigenvalue weighted by Crippen LogP contribution is 2.21. The van der Waals surface area contributed by atoms with Gasteiger partial charge in [-0.15, -0.1) is 6.42 Å². The van der Waals surface area contributed by atoms with E-state index in [1.807, 2.05) is 0 Å². The Hall–Kier alpha value is -0.480. The molecular formula is C12H21N. The smallest absolute Gasteiger partial charge is 0.0598 e. The summed E-state index contributed by atoms with van der Waals surface area (Å²) in [6, 6.07) is 0. The van der Waals surface area contributed by atoms with Gasteiger partial charge >= 0.3 is 0 Å². The maximum absolute atomic E-state index is 5.31. The SMILES string of the molecule is C#CCN1CCCC(CCC)CC1. The van der Waals surface area contributed by atoms with Gasteiger partial charge in [0.05, 0.1) is 6.54 Å². The van der Waals surface area contributed by atoms with Crippen molar-refractivity contribution in [2.24, 2.45) is 5.92 Å². The third-order valence-electron chi connectivity index (χ3n) is 2.95. The summed E-state index contributed by atoms with van der Waals surface area (Å²) in [6.07, 6.45) is 12.2. The Kier molecular flexibility index (Phi) is 4.93. The number of nitrogens with zero attached hydrogens (tertiary/aromatic N) is 1. The molecule has 0 bridgehead atoms. The van der Waals surface area contributed by atoms with Gasteiger partial charge in [-0.2, -0.15) is 0 Å². The van der Waals surface area contributed by atoms with Crippen molar-refractivity contribution in [3.8, 4) is 12.3 Å². The number of hydrogen-bond acceptors (Lipinski definition) is 1. The Bertz CT molecular complexity index is 168. The highest BCUT2D eigenvalue weighted by atomic mass is 15.1. The zero-order valence-corrected chi connectivity index (χ0v) is 8.76. The van der Waals surface area contributed by atoms with Crippen molar-refractivity contribution in [3.63, 3.8) is 0 Å². The zero-order chi connectivity index (χ0) is 9.52. The molecule has 1 aliphatic heterocycles. The van der Waals surface area contributed by atoms with Crippen molar-refractivity contribution in [2.45, 2.75) is 39.0 Å². The van der Waals surface area contributed by atoms with E-state index in [1.165, 1.54) is 45.2 Å². The Morgan fingerprint density at radius 2 is 2.23 bits per heavy atom. The van der Waals surface area contributed by atoms with Crippen LogP contribution in [-0.2, 0) is 0 Å². The van der Waals surface area contributed by atoms with E-state index < -0.39 is 0 Å². The number of terminal acetylenes is 1. The van der Waals surface area contributed by atoms with Gasteiger partial charge in [0.2, 0.25) is 0 Å². The molecule has 1 nitrogen and oxygen atoms in total. The van der Waals surface area contributed by atoms with Crippen LogP contribution in [0.5, 0.6) is 0 Å². The predicted octanol–water partition coefficient (Wildman–Crippen LogP) is 2.52. The minimum Gasteiger partial charge on any atom is -0.292 e. The molecule has 0 radical (unpaired) electrons. The summed E-state index contributed by atoms with van der Waals surface area (Å²) in [7, 11) is 0. The second kappa shape index (κ2) is 6.05. The molecule has 74 valence electrons. The van der Waals surface area contributed by atoms with Gasteiger partial charge in [-0.1, -0.05) is 25.7 Å². The van der Waals surface area contributed by atoms with Crippen molar-refractivity contribution in [1.29, 1.82) is 0 Å². The van der Waals surface area contributed by atoms with Crippen molar-refractivity contribution in [1.82, 2.24) is 4.90 Å². The average molecular weight is 179 g/mol. The van der Waals surface area contributed by atoms with E-state index in [4.69, 9.17) is 6.42 Å². The van der Waals surface area contributed by atoms with Crippen LogP contribution in [0.2, 0.25) is 0 Å². The molecule has 0 aromatic carbocycles. The van der Waals surface area contributed by atoms with Crippen molar-refractivity contribution < 1.29 is 0 Å². The van der Waals surface area contributed by atoms with Gasteiger partial charge in [0.1, 0.15) is 0 Å². The Morgan fingerprint density at radius 1 is 1.38 bits per heavy atom. The molecule has 1 unspecified atom stereocenters. The van der Waals surface area contributed by atoms with E-state index in [2.05, 4.69) is 17.7 Å². The fourth-order valence-electron chi connectivity index (χ4n) is 2.21. The van der Waals surface area contributed by atoms with Crippen LogP contribution in [0.1, 0.15) is 39.0 Å². The molecule has 13 heavy (non-hydrogen) atoms. The lowest BCUT2D eigenvalue weighted by Crippen LogP contribution is -2.24. The zero-order valence-electron chi connectivity index (χ0n) is 8.76. The fraction of sp³-hybridized carbons (Fsp3) is 0.833. The molecule has 0 spiro atoms. The summed E-state index contributed by atoms with van der Waals surface area (Å²) in [4.78, 5) is 2.41. The molecule has 1 heteroatoms. The first kappa shape index (κ1) is 10.6. The summed E-state index contributed by atoms with van der Waals surface area (Å²) in [5.74, 6) is 3.70. The lowest BCUT2D eigenvalue weighted by molar-refractivity contribution is 0.312. The van der Waals surface area contributed by atoms with E-state index in [0.29, 0.717) is 0 Å². The molecule has 1 aliphatic rings. The van der Waals surface area contributed by atoms with Gasteiger partial charge in [-0.05, 0) is 38.3 Å². The maximum Gasteiger partial charge on any atom is 0.0598 e. The molecule has 0 amide bonds. The van der Waals surface area contributed by atoms with Gasteiger partial charge in [-0.3, -0.25) is 4.90 Å². The Morgan fingerprint density at radius 3 is 2.92 bits per heavy atom. The first-order chi connectivity index (χ1) is 6.36. The van der Waals surface area contributed by atoms with Crippen LogP contribution in [-0.4, -0.2) is 24.5 Å². The molecule has 0 aromatic heterocycles. The lowest BCUT2D eigenvalue weighted by Gasteiger charge is -2.16. The Balaban J connectivity index is 2.27. The molecular weight excluding hydrogens is 158 g/mol. The minimum absolute atomic E-state index is 0.846. The van der Waals surface area contributed by atoms with Crippen LogP contribution in [0.15, 0.2) is 0 Å². The maximum atomic E-state index is 5.31. The second-order valence-corrected chi connectivity index (χ2v) is 4.07. The standard InChI is InChI=1S/C12H21N/c1-3-6-12-7-5-10-13(9-4-2)11-8-12/h2,12H,3,5-11H2,1H3. The monoisotopic (exact) mass is 179 g/mol. The van der Waals surface area contributed by atoms with Crippen molar-refractivity contribution in [2.75, 3.05) is 19.6 Å². The van der Waals surface area contributed by atoms with Gasteiger partial charge in [0, 0.05) is 0 Å². The van der Waals surface area contributed by atoms with E-state index in [1.54, 1.807) is 0 Å². The predicted molar refractivity (Wildman–Crippen MR) is 57.5 cm³/mol. The van der Waals surface area contributed by atoms with Crippen LogP contribution in [0, 0.1) is 18.3 Å². The summed E-state index contributed by atoms with van der Waals surface area (Å²) in [6.45, 7) is 5.56. The minimum atomic E-state index is 0.846. The fourth-order valence-corrected chi connectivity index (χ4v) is 2.21. The summed E-state index contributed by atoms with van der Waals surface area (Å²) < 4.78 is 0. The molecule has 0 N–H and O–H groups in total. The van der Waals surface area contributed by atoms with E-state index in [-0.39, 0.29) is 0 Å². The first-order valence-electron chi connectivity index (χ1n) is 5.52. The molecule has 0 aliphatic carbocycles. The van der Waals surface area contributed by atoms with Gasteiger partial charge in [0.25, 0.3) is 0 Å². The molecule has 1 heterocycles. The van der Waals surface area contributed by atoms with Crippen LogP contribution >= 0.6 is 0 Å². The highest BCUT2D eigenvalue weighted by molar-refractivity contribution is 4.88. The van der Waals surface area contributed by atoms with Gasteiger partial charge in [-0.25, -0.2) is 0 Å². The topological polar surface area (TPSA) is 3.24 Å². The number of hydrogen-bond donors (Lipinski definition) is 0. The van der Waals surface area contributed by atoms with Crippen LogP contribution in [0.25, 0.3) is 0 Å². The summed E-state index contributed by atoms with van der Waals surface area (Å²) in [5, 5.41) is 0.